The molecule has 3 nitrogen and oxygen atoms in total. The van der Waals surface area contributed by atoms with Crippen molar-refractivity contribution >= 4 is 5.97 Å². The van der Waals surface area contributed by atoms with E-state index in [9.17, 15) is 9.90 Å². The summed E-state index contributed by atoms with van der Waals surface area (Å²) >= 11 is 0. The third-order valence-electron chi connectivity index (χ3n) is 1.93. The first kappa shape index (κ1) is 10.6. The molecule has 1 atom stereocenters. The molecular weight excluding hydrogens is 180 g/mol. The summed E-state index contributed by atoms with van der Waals surface area (Å²) in [6.07, 6.45) is -0.464. The lowest BCUT2D eigenvalue weighted by atomic mass is 10.2. The van der Waals surface area contributed by atoms with Crippen LogP contribution in [0.5, 0.6) is 5.75 Å². The number of hydrogen-bond acceptors (Lipinski definition) is 2. The van der Waals surface area contributed by atoms with E-state index in [4.69, 9.17) is 4.74 Å². The van der Waals surface area contributed by atoms with Crippen LogP contribution in [0.3, 0.4) is 0 Å². The van der Waals surface area contributed by atoms with Gasteiger partial charge in [0.25, 0.3) is 0 Å². The standard InChI is InChI=1S/C11H13O3/c1-3-10(11(12)13)14-9-6-4-8(2)5-7-9/h4-7,10H,3H2,1-2H3. The zero-order chi connectivity index (χ0) is 10.6. The van der Waals surface area contributed by atoms with Crippen LogP contribution in [0.2, 0.25) is 0 Å². The summed E-state index contributed by atoms with van der Waals surface area (Å²) in [5, 5.41) is 10.6. The van der Waals surface area contributed by atoms with E-state index in [1.165, 1.54) is 0 Å². The second kappa shape index (κ2) is 4.65. The van der Waals surface area contributed by atoms with Crippen LogP contribution in [0, 0.1) is 6.92 Å². The van der Waals surface area contributed by atoms with Gasteiger partial charge in [-0.15, -0.1) is 0 Å². The van der Waals surface area contributed by atoms with Gasteiger partial charge in [-0.1, -0.05) is 24.6 Å². The smallest absolute Gasteiger partial charge is 0.395 e. The molecule has 0 heterocycles. The Labute approximate surface area is 83.3 Å². The van der Waals surface area contributed by atoms with E-state index < -0.39 is 12.1 Å². The van der Waals surface area contributed by atoms with Gasteiger partial charge in [0, 0.05) is 0 Å². The molecule has 0 aliphatic carbocycles. The van der Waals surface area contributed by atoms with Gasteiger partial charge in [0.2, 0.25) is 0 Å². The van der Waals surface area contributed by atoms with E-state index in [1.807, 2.05) is 19.1 Å². The second-order valence-corrected chi connectivity index (χ2v) is 3.15. The summed E-state index contributed by atoms with van der Waals surface area (Å²) in [6.45, 7) is 3.70. The first-order valence-electron chi connectivity index (χ1n) is 4.57. The number of ether oxygens (including phenoxy) is 1. The van der Waals surface area contributed by atoms with E-state index >= 15 is 0 Å². The van der Waals surface area contributed by atoms with Crippen LogP contribution < -0.4 is 4.74 Å². The van der Waals surface area contributed by atoms with E-state index in [0.717, 1.165) is 5.56 Å². The van der Waals surface area contributed by atoms with Gasteiger partial charge < -0.3 is 4.74 Å². The van der Waals surface area contributed by atoms with Crippen molar-refractivity contribution in [3.8, 4) is 5.75 Å². The molecule has 0 saturated carbocycles. The van der Waals surface area contributed by atoms with Crippen molar-refractivity contribution in [2.75, 3.05) is 0 Å². The van der Waals surface area contributed by atoms with Gasteiger partial charge in [0.1, 0.15) is 5.75 Å². The van der Waals surface area contributed by atoms with Crippen molar-refractivity contribution in [1.82, 2.24) is 0 Å². The van der Waals surface area contributed by atoms with Gasteiger partial charge in [-0.05, 0) is 25.5 Å². The number of benzene rings is 1. The van der Waals surface area contributed by atoms with Gasteiger partial charge in [-0.25, -0.2) is 9.90 Å². The zero-order valence-electron chi connectivity index (χ0n) is 8.32. The summed E-state index contributed by atoms with van der Waals surface area (Å²) in [5.74, 6) is -0.611. The minimum absolute atomic E-state index is 0.399. The topological polar surface area (TPSA) is 46.2 Å². The lowest BCUT2D eigenvalue weighted by molar-refractivity contribution is -0.151. The first-order chi connectivity index (χ1) is 6.63. The molecule has 0 saturated heterocycles. The highest BCUT2D eigenvalue weighted by molar-refractivity contribution is 5.72. The highest BCUT2D eigenvalue weighted by Gasteiger charge is 2.18. The van der Waals surface area contributed by atoms with Gasteiger partial charge in [-0.3, -0.25) is 0 Å². The molecule has 0 N–H and O–H groups in total. The molecule has 14 heavy (non-hydrogen) atoms. The fourth-order valence-corrected chi connectivity index (χ4v) is 1.08. The van der Waals surface area contributed by atoms with Crippen molar-refractivity contribution in [2.45, 2.75) is 26.4 Å². The molecule has 3 heteroatoms. The number of aryl methyl sites for hydroxylation is 1. The summed E-state index contributed by atoms with van der Waals surface area (Å²) in [7, 11) is 0. The Hall–Kier alpha value is -1.51. The Bertz CT molecular complexity index is 303. The predicted octanol–water partition coefficient (Wildman–Crippen LogP) is 2.11. The molecule has 0 amide bonds. The molecule has 0 aliphatic rings. The monoisotopic (exact) mass is 193 g/mol. The predicted molar refractivity (Wildman–Crippen MR) is 51.6 cm³/mol. The summed E-state index contributed by atoms with van der Waals surface area (Å²) in [5.41, 5.74) is 1.11. The average molecular weight is 193 g/mol. The molecule has 1 aromatic carbocycles. The van der Waals surface area contributed by atoms with Crippen LogP contribution in [-0.2, 0) is 9.90 Å². The van der Waals surface area contributed by atoms with Gasteiger partial charge in [0.15, 0.2) is 6.10 Å². The maximum Gasteiger partial charge on any atom is 0.395 e. The highest BCUT2D eigenvalue weighted by atomic mass is 16.5. The number of carbonyl (C=O) groups is 1. The first-order valence-corrected chi connectivity index (χ1v) is 4.57. The van der Waals surface area contributed by atoms with Crippen LogP contribution in [0.4, 0.5) is 0 Å². The molecule has 0 fully saturated rings. The molecule has 1 radical (unpaired) electrons. The number of carbonyl (C=O) groups excluding carboxylic acids is 1. The fraction of sp³-hybridized carbons (Fsp3) is 0.364. The normalized spacial score (nSPS) is 12.1. The van der Waals surface area contributed by atoms with Crippen LogP contribution in [0.25, 0.3) is 0 Å². The Morgan fingerprint density at radius 2 is 1.93 bits per heavy atom. The van der Waals surface area contributed by atoms with Crippen molar-refractivity contribution in [3.05, 3.63) is 29.8 Å². The molecule has 0 spiro atoms. The summed E-state index contributed by atoms with van der Waals surface area (Å²) in [4.78, 5) is 10.6. The molecule has 0 bridgehead atoms. The van der Waals surface area contributed by atoms with Crippen LogP contribution in [-0.4, -0.2) is 12.1 Å². The lowest BCUT2D eigenvalue weighted by Crippen LogP contribution is -2.24. The van der Waals surface area contributed by atoms with Gasteiger partial charge in [-0.2, -0.15) is 0 Å². The molecule has 1 rings (SSSR count). The SMILES string of the molecule is CCC(Oc1ccc(C)cc1)C([O])=O. The maximum atomic E-state index is 10.6. The van der Waals surface area contributed by atoms with Crippen molar-refractivity contribution in [3.63, 3.8) is 0 Å². The van der Waals surface area contributed by atoms with Crippen molar-refractivity contribution < 1.29 is 14.6 Å². The summed E-state index contributed by atoms with van der Waals surface area (Å²) < 4.78 is 5.22. The number of rotatable bonds is 4. The third-order valence-corrected chi connectivity index (χ3v) is 1.93. The Balaban J connectivity index is 2.67. The van der Waals surface area contributed by atoms with Crippen LogP contribution in [0.15, 0.2) is 24.3 Å². The molecule has 1 aromatic rings. The Morgan fingerprint density at radius 3 is 2.36 bits per heavy atom. The van der Waals surface area contributed by atoms with Gasteiger partial charge >= 0.3 is 5.97 Å². The largest absolute Gasteiger partial charge is 0.479 e. The number of hydrogen-bond donors (Lipinski definition) is 0. The van der Waals surface area contributed by atoms with Crippen molar-refractivity contribution in [2.24, 2.45) is 0 Å². The third kappa shape index (κ3) is 2.76. The minimum Gasteiger partial charge on any atom is -0.479 e. The molecule has 75 valence electrons. The molecule has 0 aromatic heterocycles. The highest BCUT2D eigenvalue weighted by Crippen LogP contribution is 2.14. The maximum absolute atomic E-state index is 10.6. The van der Waals surface area contributed by atoms with E-state index in [-0.39, 0.29) is 0 Å². The fourth-order valence-electron chi connectivity index (χ4n) is 1.08. The second-order valence-electron chi connectivity index (χ2n) is 3.15. The quantitative estimate of drug-likeness (QED) is 0.735. The average Bonchev–Trinajstić information content (AvgIpc) is 2.16. The van der Waals surface area contributed by atoms with Crippen LogP contribution >= 0.6 is 0 Å². The minimum atomic E-state index is -1.17. The van der Waals surface area contributed by atoms with Gasteiger partial charge in [0.05, 0.1) is 0 Å². The molecular formula is C11H13O3. The lowest BCUT2D eigenvalue weighted by Gasteiger charge is -2.11. The summed E-state index contributed by atoms with van der Waals surface area (Å²) in [6, 6.07) is 7.25. The Morgan fingerprint density at radius 1 is 1.36 bits per heavy atom. The Kier molecular flexibility index (Phi) is 3.51. The van der Waals surface area contributed by atoms with Crippen molar-refractivity contribution in [1.29, 1.82) is 0 Å². The van der Waals surface area contributed by atoms with E-state index in [2.05, 4.69) is 0 Å². The van der Waals surface area contributed by atoms with Crippen LogP contribution in [0.1, 0.15) is 18.9 Å². The zero-order valence-corrected chi connectivity index (χ0v) is 8.32. The molecule has 1 unspecified atom stereocenters. The van der Waals surface area contributed by atoms with E-state index in [1.54, 1.807) is 19.1 Å². The van der Waals surface area contributed by atoms with E-state index in [0.29, 0.717) is 12.2 Å². The molecule has 0 aliphatic heterocycles.